The highest BCUT2D eigenvalue weighted by Gasteiger charge is 2.07. The molecule has 0 heterocycles. The number of rotatable bonds is 3. The van der Waals surface area contributed by atoms with E-state index in [0.717, 1.165) is 15.8 Å². The topological polar surface area (TPSA) is 49.7 Å². The molecule has 35 heavy (non-hydrogen) atoms. The van der Waals surface area contributed by atoms with Gasteiger partial charge in [0.15, 0.2) is 0 Å². The van der Waals surface area contributed by atoms with E-state index in [1.807, 2.05) is 56.3 Å². The molecule has 0 bridgehead atoms. The molecule has 0 spiro atoms. The lowest BCUT2D eigenvalue weighted by Gasteiger charge is -2.07. The second-order valence-corrected chi connectivity index (χ2v) is 9.78. The molecular formula is C28H30BBr2IO3. The van der Waals surface area contributed by atoms with Crippen LogP contribution in [0.3, 0.4) is 0 Å². The maximum Gasteiger partial charge on any atom is 0.488 e. The minimum atomic E-state index is -1.34. The Labute approximate surface area is 240 Å². The molecule has 0 saturated carbocycles. The molecule has 4 aromatic carbocycles. The Morgan fingerprint density at radius 1 is 0.743 bits per heavy atom. The molecule has 184 valence electrons. The third-order valence-electron chi connectivity index (χ3n) is 4.43. The van der Waals surface area contributed by atoms with Crippen LogP contribution in [0.1, 0.15) is 19.4 Å². The zero-order valence-corrected chi connectivity index (χ0v) is 25.6. The van der Waals surface area contributed by atoms with Gasteiger partial charge in [-0.15, -0.1) is 0 Å². The van der Waals surface area contributed by atoms with Gasteiger partial charge in [0.05, 0.1) is 7.11 Å². The molecule has 2 N–H and O–H groups in total. The van der Waals surface area contributed by atoms with Gasteiger partial charge in [-0.05, 0) is 92.4 Å². The molecule has 0 aromatic heterocycles. The van der Waals surface area contributed by atoms with Crippen molar-refractivity contribution < 1.29 is 14.8 Å². The van der Waals surface area contributed by atoms with Crippen LogP contribution in [0.4, 0.5) is 0 Å². The van der Waals surface area contributed by atoms with Crippen molar-refractivity contribution in [3.05, 3.63) is 115 Å². The fraction of sp³-hybridized carbons (Fsp3) is 0.143. The van der Waals surface area contributed by atoms with Crippen LogP contribution in [0.2, 0.25) is 0 Å². The van der Waals surface area contributed by atoms with Crippen molar-refractivity contribution in [2.24, 2.45) is 0 Å². The lowest BCUT2D eigenvalue weighted by Crippen LogP contribution is -2.29. The van der Waals surface area contributed by atoms with E-state index in [-0.39, 0.29) is 0 Å². The molecule has 0 aliphatic carbocycles. The number of hydrogen-bond donors (Lipinski definition) is 2. The normalized spacial score (nSPS) is 9.29. The average molecular weight is 712 g/mol. The minimum Gasteiger partial charge on any atom is -0.497 e. The first kappa shape index (κ1) is 31.4. The van der Waals surface area contributed by atoms with E-state index < -0.39 is 7.12 Å². The van der Waals surface area contributed by atoms with E-state index in [1.165, 1.54) is 19.2 Å². The molecule has 0 radical (unpaired) electrons. The van der Waals surface area contributed by atoms with Gasteiger partial charge in [-0.1, -0.05) is 102 Å². The quantitative estimate of drug-likeness (QED) is 0.168. The number of hydrogen-bond acceptors (Lipinski definition) is 3. The van der Waals surface area contributed by atoms with Crippen molar-refractivity contribution in [3.63, 3.8) is 0 Å². The van der Waals surface area contributed by atoms with E-state index in [0.29, 0.717) is 5.46 Å². The molecule has 0 aliphatic heterocycles. The summed E-state index contributed by atoms with van der Waals surface area (Å²) in [6, 6.07) is 31.2. The van der Waals surface area contributed by atoms with Crippen LogP contribution >= 0.6 is 54.5 Å². The van der Waals surface area contributed by atoms with E-state index in [1.54, 1.807) is 31.4 Å². The largest absolute Gasteiger partial charge is 0.497 e. The molecule has 4 rings (SSSR count). The van der Waals surface area contributed by atoms with Gasteiger partial charge in [-0.2, -0.15) is 0 Å². The zero-order valence-electron chi connectivity index (χ0n) is 20.3. The molecule has 0 atom stereocenters. The Morgan fingerprint density at radius 2 is 1.29 bits per heavy atom. The van der Waals surface area contributed by atoms with E-state index in [9.17, 15) is 0 Å². The van der Waals surface area contributed by atoms with Gasteiger partial charge in [0.1, 0.15) is 5.75 Å². The molecule has 7 heteroatoms. The zero-order chi connectivity index (χ0) is 26.2. The second kappa shape index (κ2) is 17.7. The van der Waals surface area contributed by atoms with Crippen molar-refractivity contribution in [2.45, 2.75) is 20.8 Å². The Balaban J connectivity index is 0.000000266. The summed E-state index contributed by atoms with van der Waals surface area (Å²) in [7, 11) is 0.337. The summed E-state index contributed by atoms with van der Waals surface area (Å²) in [4.78, 5) is 0. The van der Waals surface area contributed by atoms with Crippen LogP contribution in [-0.4, -0.2) is 24.3 Å². The summed E-state index contributed by atoms with van der Waals surface area (Å²) >= 11 is 9.27. The predicted octanol–water partition coefficient (Wildman–Crippen LogP) is 7.88. The summed E-state index contributed by atoms with van der Waals surface area (Å²) in [6.45, 7) is 6.09. The van der Waals surface area contributed by atoms with Gasteiger partial charge >= 0.3 is 7.12 Å². The summed E-state index contributed by atoms with van der Waals surface area (Å²) in [5.41, 5.74) is 4.17. The Kier molecular flexibility index (Phi) is 15.9. The third-order valence-corrected chi connectivity index (χ3v) is 7.45. The maximum atomic E-state index is 8.58. The highest BCUT2D eigenvalue weighted by molar-refractivity contribution is 14.1. The first-order valence-electron chi connectivity index (χ1n) is 11.0. The Hall–Kier alpha value is -1.65. The van der Waals surface area contributed by atoms with Gasteiger partial charge in [0, 0.05) is 12.5 Å². The van der Waals surface area contributed by atoms with E-state index in [2.05, 4.69) is 91.7 Å². The van der Waals surface area contributed by atoms with Crippen molar-refractivity contribution in [1.29, 1.82) is 0 Å². The number of halogens is 3. The summed E-state index contributed by atoms with van der Waals surface area (Å²) in [5.74, 6) is 0.872. The smallest absolute Gasteiger partial charge is 0.488 e. The van der Waals surface area contributed by atoms with Crippen molar-refractivity contribution in [3.8, 4) is 16.9 Å². The lowest BCUT2D eigenvalue weighted by molar-refractivity contribution is 0.415. The first-order valence-corrected chi connectivity index (χ1v) is 13.7. The van der Waals surface area contributed by atoms with E-state index >= 15 is 0 Å². The average Bonchev–Trinajstić information content (AvgIpc) is 2.90. The van der Waals surface area contributed by atoms with Crippen LogP contribution in [0.5, 0.6) is 5.75 Å². The van der Waals surface area contributed by atoms with Crippen LogP contribution in [0.25, 0.3) is 11.1 Å². The standard InChI is InChI=1S/C13H11BrO.C7H6BrI.C6H7BO2.C2H6/c1-15-11-7-8-13(14)12(9-11)10-5-3-2-4-6-10;1-5-2-3-6(8)7(9)4-5;8-7(9)6-4-2-1-3-5-6;1-2/h2-9H,1H3;2-4H,1H3;1-5,8-9H;1-2H3. The Bertz CT molecular complexity index is 1130. The van der Waals surface area contributed by atoms with Gasteiger partial charge in [0.2, 0.25) is 0 Å². The van der Waals surface area contributed by atoms with Crippen molar-refractivity contribution in [2.75, 3.05) is 7.11 Å². The predicted molar refractivity (Wildman–Crippen MR) is 165 cm³/mol. The number of benzene rings is 4. The fourth-order valence-electron chi connectivity index (χ4n) is 2.70. The fourth-order valence-corrected chi connectivity index (χ4v) is 4.09. The van der Waals surface area contributed by atoms with E-state index in [4.69, 9.17) is 14.8 Å². The van der Waals surface area contributed by atoms with Crippen LogP contribution in [0, 0.1) is 10.5 Å². The molecule has 0 unspecified atom stereocenters. The molecular weight excluding hydrogens is 682 g/mol. The van der Waals surface area contributed by atoms with Crippen molar-refractivity contribution >= 4 is 67.0 Å². The SMILES string of the molecule is CC.COc1ccc(Br)c(-c2ccccc2)c1.Cc1ccc(Br)c(I)c1.OB(O)c1ccccc1. The number of methoxy groups -OCH3 is 1. The lowest BCUT2D eigenvalue weighted by atomic mass is 9.81. The van der Waals surface area contributed by atoms with Gasteiger partial charge in [-0.3, -0.25) is 0 Å². The van der Waals surface area contributed by atoms with Gasteiger partial charge in [-0.25, -0.2) is 0 Å². The molecule has 0 amide bonds. The Morgan fingerprint density at radius 3 is 1.74 bits per heavy atom. The van der Waals surface area contributed by atoms with Crippen molar-refractivity contribution in [1.82, 2.24) is 0 Å². The van der Waals surface area contributed by atoms with Crippen LogP contribution < -0.4 is 10.2 Å². The van der Waals surface area contributed by atoms with Gasteiger partial charge < -0.3 is 14.8 Å². The molecule has 0 saturated heterocycles. The van der Waals surface area contributed by atoms with Gasteiger partial charge in [0.25, 0.3) is 0 Å². The summed E-state index contributed by atoms with van der Waals surface area (Å²) in [6.07, 6.45) is 0. The number of aryl methyl sites for hydroxylation is 1. The minimum absolute atomic E-state index is 0.525. The summed E-state index contributed by atoms with van der Waals surface area (Å²) < 4.78 is 8.73. The molecule has 3 nitrogen and oxygen atoms in total. The molecule has 0 aliphatic rings. The maximum absolute atomic E-state index is 8.58. The second-order valence-electron chi connectivity index (χ2n) is 6.91. The molecule has 4 aromatic rings. The third kappa shape index (κ3) is 11.8. The summed E-state index contributed by atoms with van der Waals surface area (Å²) in [5, 5.41) is 17.2. The van der Waals surface area contributed by atoms with Crippen LogP contribution in [0.15, 0.2) is 106 Å². The highest BCUT2D eigenvalue weighted by Crippen LogP contribution is 2.31. The first-order chi connectivity index (χ1) is 16.8. The van der Waals surface area contributed by atoms with Crippen LogP contribution in [-0.2, 0) is 0 Å². The molecule has 0 fully saturated rings. The highest BCUT2D eigenvalue weighted by atomic mass is 127. The number of ether oxygens (including phenoxy) is 1. The monoisotopic (exact) mass is 710 g/mol.